The van der Waals surface area contributed by atoms with Crippen molar-refractivity contribution in [2.45, 2.75) is 46.6 Å². The van der Waals surface area contributed by atoms with Gasteiger partial charge >= 0.3 is 0 Å². The molecule has 0 fully saturated rings. The number of benzene rings is 2. The molecule has 28 heavy (non-hydrogen) atoms. The molecule has 2 amide bonds. The van der Waals surface area contributed by atoms with Crippen molar-refractivity contribution in [2.24, 2.45) is 5.10 Å². The molecule has 2 aromatic rings. The molecule has 0 saturated heterocycles. The molecular weight excluding hydrogens is 354 g/mol. The van der Waals surface area contributed by atoms with Crippen LogP contribution in [0.5, 0.6) is 5.75 Å². The summed E-state index contributed by atoms with van der Waals surface area (Å²) in [7, 11) is 0. The lowest BCUT2D eigenvalue weighted by molar-refractivity contribution is -0.124. The predicted octanol–water partition coefficient (Wildman–Crippen LogP) is 3.96. The molecule has 0 aliphatic heterocycles. The van der Waals surface area contributed by atoms with E-state index in [9.17, 15) is 9.59 Å². The smallest absolute Gasteiger partial charge is 0.240 e. The minimum absolute atomic E-state index is 0.0601. The van der Waals surface area contributed by atoms with E-state index in [0.717, 1.165) is 28.1 Å². The number of amides is 2. The standard InChI is InChI=1S/C22H27N3O3/c1-15(2)28-19-7-5-6-18(13-19)14-23-25-22(27)11-10-21(26)24-20-12-16(3)8-9-17(20)4/h5-9,12-15H,10-11H2,1-4H3,(H,24,26)(H,25,27). The lowest BCUT2D eigenvalue weighted by Gasteiger charge is -2.09. The lowest BCUT2D eigenvalue weighted by atomic mass is 10.1. The zero-order valence-corrected chi connectivity index (χ0v) is 16.8. The molecule has 2 rings (SSSR count). The highest BCUT2D eigenvalue weighted by Gasteiger charge is 2.08. The molecule has 0 radical (unpaired) electrons. The average molecular weight is 381 g/mol. The molecule has 148 valence electrons. The van der Waals surface area contributed by atoms with Crippen LogP contribution in [0.3, 0.4) is 0 Å². The predicted molar refractivity (Wildman–Crippen MR) is 112 cm³/mol. The molecule has 2 N–H and O–H groups in total. The summed E-state index contributed by atoms with van der Waals surface area (Å²) in [6.07, 6.45) is 1.78. The zero-order chi connectivity index (χ0) is 20.5. The molecule has 0 unspecified atom stereocenters. The maximum atomic E-state index is 12.1. The van der Waals surface area contributed by atoms with Crippen LogP contribution in [-0.2, 0) is 9.59 Å². The van der Waals surface area contributed by atoms with Gasteiger partial charge in [-0.25, -0.2) is 5.43 Å². The van der Waals surface area contributed by atoms with Crippen LogP contribution in [0, 0.1) is 13.8 Å². The van der Waals surface area contributed by atoms with E-state index in [0.29, 0.717) is 0 Å². The van der Waals surface area contributed by atoms with Crippen molar-refractivity contribution in [1.82, 2.24) is 5.43 Å². The number of aryl methyl sites for hydroxylation is 2. The second-order valence-corrected chi connectivity index (χ2v) is 6.90. The summed E-state index contributed by atoms with van der Waals surface area (Å²) in [5.74, 6) is 0.224. The molecule has 0 atom stereocenters. The number of carbonyl (C=O) groups is 2. The third-order valence-corrected chi connectivity index (χ3v) is 3.88. The Kier molecular flexibility index (Phi) is 7.75. The minimum atomic E-state index is -0.318. The molecule has 0 aromatic heterocycles. The van der Waals surface area contributed by atoms with Crippen molar-refractivity contribution >= 4 is 23.7 Å². The van der Waals surface area contributed by atoms with Crippen LogP contribution in [0.2, 0.25) is 0 Å². The Labute approximate surface area is 166 Å². The number of ether oxygens (including phenoxy) is 1. The maximum absolute atomic E-state index is 12.1. The Bertz CT molecular complexity index is 860. The van der Waals surface area contributed by atoms with E-state index in [1.807, 2.05) is 70.2 Å². The molecule has 6 nitrogen and oxygen atoms in total. The summed E-state index contributed by atoms with van der Waals surface area (Å²) >= 11 is 0. The molecule has 0 aliphatic rings. The average Bonchev–Trinajstić information content (AvgIpc) is 2.63. The highest BCUT2D eigenvalue weighted by Crippen LogP contribution is 2.16. The fourth-order valence-corrected chi connectivity index (χ4v) is 2.49. The fraction of sp³-hybridized carbons (Fsp3) is 0.318. The monoisotopic (exact) mass is 381 g/mol. The van der Waals surface area contributed by atoms with E-state index >= 15 is 0 Å². The second-order valence-electron chi connectivity index (χ2n) is 6.90. The van der Waals surface area contributed by atoms with E-state index in [4.69, 9.17) is 4.74 Å². The SMILES string of the molecule is Cc1ccc(C)c(NC(=O)CCC(=O)NN=Cc2cccc(OC(C)C)c2)c1. The van der Waals surface area contributed by atoms with Crippen molar-refractivity contribution in [3.05, 3.63) is 59.2 Å². The van der Waals surface area contributed by atoms with Gasteiger partial charge in [0.25, 0.3) is 0 Å². The molecular formula is C22H27N3O3. The number of nitrogens with one attached hydrogen (secondary N) is 2. The van der Waals surface area contributed by atoms with E-state index in [1.165, 1.54) is 0 Å². The molecule has 0 heterocycles. The number of rotatable bonds is 8. The minimum Gasteiger partial charge on any atom is -0.491 e. The summed E-state index contributed by atoms with van der Waals surface area (Å²) in [6, 6.07) is 13.3. The first-order valence-corrected chi connectivity index (χ1v) is 9.29. The van der Waals surface area contributed by atoms with Gasteiger partial charge in [-0.15, -0.1) is 0 Å². The van der Waals surface area contributed by atoms with E-state index in [2.05, 4.69) is 15.8 Å². The number of nitrogens with zero attached hydrogens (tertiary/aromatic N) is 1. The number of hydrogen-bond donors (Lipinski definition) is 2. The summed E-state index contributed by atoms with van der Waals surface area (Å²) in [6.45, 7) is 7.80. The van der Waals surface area contributed by atoms with Crippen LogP contribution in [-0.4, -0.2) is 24.1 Å². The summed E-state index contributed by atoms with van der Waals surface area (Å²) in [4.78, 5) is 24.0. The Morgan fingerprint density at radius 1 is 1.07 bits per heavy atom. The third kappa shape index (κ3) is 7.23. The van der Waals surface area contributed by atoms with Gasteiger partial charge in [-0.2, -0.15) is 5.10 Å². The second kappa shape index (κ2) is 10.3. The summed E-state index contributed by atoms with van der Waals surface area (Å²) < 4.78 is 5.62. The van der Waals surface area contributed by atoms with Crippen LogP contribution in [0.4, 0.5) is 5.69 Å². The fourth-order valence-electron chi connectivity index (χ4n) is 2.49. The first-order chi connectivity index (χ1) is 13.3. The first kappa shape index (κ1) is 21.2. The van der Waals surface area contributed by atoms with Gasteiger partial charge in [-0.05, 0) is 62.6 Å². The van der Waals surface area contributed by atoms with Crippen LogP contribution in [0.15, 0.2) is 47.6 Å². The molecule has 0 saturated carbocycles. The number of hydrazone groups is 1. The summed E-state index contributed by atoms with van der Waals surface area (Å²) in [5.41, 5.74) is 6.07. The summed E-state index contributed by atoms with van der Waals surface area (Å²) in [5, 5.41) is 6.78. The Morgan fingerprint density at radius 3 is 2.57 bits per heavy atom. The van der Waals surface area contributed by atoms with Gasteiger partial charge in [-0.3, -0.25) is 9.59 Å². The highest BCUT2D eigenvalue weighted by molar-refractivity contribution is 5.94. The number of anilines is 1. The Morgan fingerprint density at radius 2 is 1.82 bits per heavy atom. The molecule has 2 aromatic carbocycles. The van der Waals surface area contributed by atoms with Crippen molar-refractivity contribution in [1.29, 1.82) is 0 Å². The van der Waals surface area contributed by atoms with E-state index < -0.39 is 0 Å². The molecule has 0 bridgehead atoms. The Hall–Kier alpha value is -3.15. The molecule has 6 heteroatoms. The highest BCUT2D eigenvalue weighted by atomic mass is 16.5. The van der Waals surface area contributed by atoms with Gasteiger partial charge in [0.05, 0.1) is 12.3 Å². The van der Waals surface area contributed by atoms with Gasteiger partial charge < -0.3 is 10.1 Å². The van der Waals surface area contributed by atoms with Crippen LogP contribution >= 0.6 is 0 Å². The Balaban J connectivity index is 1.78. The van der Waals surface area contributed by atoms with Gasteiger partial charge in [0.15, 0.2) is 0 Å². The van der Waals surface area contributed by atoms with E-state index in [-0.39, 0.29) is 30.8 Å². The molecule has 0 aliphatic carbocycles. The van der Waals surface area contributed by atoms with Crippen LogP contribution in [0.1, 0.15) is 43.4 Å². The molecule has 0 spiro atoms. The van der Waals surface area contributed by atoms with Crippen molar-refractivity contribution in [3.63, 3.8) is 0 Å². The van der Waals surface area contributed by atoms with E-state index in [1.54, 1.807) is 6.21 Å². The van der Waals surface area contributed by atoms with Gasteiger partial charge in [0, 0.05) is 18.5 Å². The quantitative estimate of drug-likeness (QED) is 0.536. The third-order valence-electron chi connectivity index (χ3n) is 3.88. The van der Waals surface area contributed by atoms with Gasteiger partial charge in [0.2, 0.25) is 11.8 Å². The van der Waals surface area contributed by atoms with Gasteiger partial charge in [-0.1, -0.05) is 24.3 Å². The zero-order valence-electron chi connectivity index (χ0n) is 16.8. The van der Waals surface area contributed by atoms with Crippen molar-refractivity contribution in [2.75, 3.05) is 5.32 Å². The van der Waals surface area contributed by atoms with Gasteiger partial charge in [0.1, 0.15) is 5.75 Å². The largest absolute Gasteiger partial charge is 0.491 e. The number of hydrogen-bond acceptors (Lipinski definition) is 4. The number of carbonyl (C=O) groups excluding carboxylic acids is 2. The maximum Gasteiger partial charge on any atom is 0.240 e. The topological polar surface area (TPSA) is 79.8 Å². The van der Waals surface area contributed by atoms with Crippen molar-refractivity contribution in [3.8, 4) is 5.75 Å². The first-order valence-electron chi connectivity index (χ1n) is 9.29. The van der Waals surface area contributed by atoms with Crippen LogP contribution < -0.4 is 15.5 Å². The normalized spacial score (nSPS) is 10.9. The van der Waals surface area contributed by atoms with Crippen LogP contribution in [0.25, 0.3) is 0 Å². The van der Waals surface area contributed by atoms with Crippen molar-refractivity contribution < 1.29 is 14.3 Å². The lowest BCUT2D eigenvalue weighted by Crippen LogP contribution is -2.21.